The van der Waals surface area contributed by atoms with Crippen molar-refractivity contribution in [3.63, 3.8) is 0 Å². The lowest BCUT2D eigenvalue weighted by Gasteiger charge is -2.31. The number of thiazole rings is 1. The maximum Gasteiger partial charge on any atom is 0.321 e. The minimum atomic E-state index is -0.789. The molecule has 0 amide bonds. The Balaban J connectivity index is 1.87. The van der Waals surface area contributed by atoms with Gasteiger partial charge in [0.1, 0.15) is 6.04 Å². The van der Waals surface area contributed by atoms with Crippen LogP contribution in [-0.4, -0.2) is 37.0 Å². The number of hydrogen-bond acceptors (Lipinski definition) is 5. The Labute approximate surface area is 126 Å². The standard InChI is InChI=1S/C14H18N4O2S/c1-3-9-13(21-8(2)17-9)6-18-5-11-10(15-7-16-11)4-12(18)14(19)20/h7,12H,3-6H2,1-2H3,(H,15,16)(H,19,20)/t12-/m0/s1. The number of H-pyrrole nitrogens is 1. The highest BCUT2D eigenvalue weighted by atomic mass is 32.1. The molecule has 3 heterocycles. The molecule has 0 saturated heterocycles. The molecule has 0 aromatic carbocycles. The number of aryl methyl sites for hydroxylation is 2. The normalized spacial score (nSPS) is 18.7. The molecule has 3 rings (SSSR count). The van der Waals surface area contributed by atoms with Gasteiger partial charge in [-0.3, -0.25) is 9.69 Å². The molecule has 0 saturated carbocycles. The van der Waals surface area contributed by atoms with Gasteiger partial charge in [-0.15, -0.1) is 11.3 Å². The average molecular weight is 306 g/mol. The first kappa shape index (κ1) is 14.2. The van der Waals surface area contributed by atoms with Crippen molar-refractivity contribution in [1.29, 1.82) is 0 Å². The summed E-state index contributed by atoms with van der Waals surface area (Å²) < 4.78 is 0. The van der Waals surface area contributed by atoms with Crippen LogP contribution in [0.2, 0.25) is 0 Å². The molecule has 0 bridgehead atoms. The number of carboxylic acid groups (broad SMARTS) is 1. The number of carbonyl (C=O) groups is 1. The first-order valence-corrected chi connectivity index (χ1v) is 7.83. The van der Waals surface area contributed by atoms with Crippen molar-refractivity contribution >= 4 is 17.3 Å². The molecule has 1 atom stereocenters. The molecule has 0 fully saturated rings. The summed E-state index contributed by atoms with van der Waals surface area (Å²) in [5.41, 5.74) is 2.97. The third kappa shape index (κ3) is 2.71. The van der Waals surface area contributed by atoms with Gasteiger partial charge in [0.15, 0.2) is 0 Å². The van der Waals surface area contributed by atoms with E-state index in [1.54, 1.807) is 17.7 Å². The predicted octanol–water partition coefficient (Wildman–Crippen LogP) is 1.75. The van der Waals surface area contributed by atoms with E-state index in [1.807, 2.05) is 11.8 Å². The van der Waals surface area contributed by atoms with Crippen molar-refractivity contribution < 1.29 is 9.90 Å². The second-order valence-electron chi connectivity index (χ2n) is 5.25. The molecule has 112 valence electrons. The van der Waals surface area contributed by atoms with Gasteiger partial charge in [0.05, 0.1) is 28.4 Å². The number of nitrogens with zero attached hydrogens (tertiary/aromatic N) is 3. The van der Waals surface area contributed by atoms with Crippen LogP contribution in [0.25, 0.3) is 0 Å². The van der Waals surface area contributed by atoms with Crippen LogP contribution in [0.3, 0.4) is 0 Å². The second kappa shape index (κ2) is 5.57. The highest BCUT2D eigenvalue weighted by molar-refractivity contribution is 7.11. The lowest BCUT2D eigenvalue weighted by Crippen LogP contribution is -2.45. The number of aliphatic carboxylic acids is 1. The molecule has 0 aliphatic carbocycles. The van der Waals surface area contributed by atoms with Gasteiger partial charge in [0.2, 0.25) is 0 Å². The predicted molar refractivity (Wildman–Crippen MR) is 79.2 cm³/mol. The molecule has 0 radical (unpaired) electrons. The maximum absolute atomic E-state index is 11.6. The summed E-state index contributed by atoms with van der Waals surface area (Å²) in [6.45, 7) is 5.29. The molecular weight excluding hydrogens is 288 g/mol. The smallest absolute Gasteiger partial charge is 0.321 e. The van der Waals surface area contributed by atoms with Gasteiger partial charge in [-0.2, -0.15) is 0 Å². The summed E-state index contributed by atoms with van der Waals surface area (Å²) in [6.07, 6.45) is 2.97. The van der Waals surface area contributed by atoms with Gasteiger partial charge in [0.25, 0.3) is 0 Å². The van der Waals surface area contributed by atoms with Crippen LogP contribution in [0.1, 0.15) is 33.9 Å². The average Bonchev–Trinajstić information content (AvgIpc) is 3.03. The van der Waals surface area contributed by atoms with E-state index >= 15 is 0 Å². The third-order valence-corrected chi connectivity index (χ3v) is 4.85. The second-order valence-corrected chi connectivity index (χ2v) is 6.53. The fourth-order valence-electron chi connectivity index (χ4n) is 2.79. The van der Waals surface area contributed by atoms with E-state index in [4.69, 9.17) is 0 Å². The number of rotatable bonds is 4. The first-order chi connectivity index (χ1) is 10.1. The maximum atomic E-state index is 11.6. The van der Waals surface area contributed by atoms with Crippen LogP contribution in [0, 0.1) is 6.92 Å². The SMILES string of the molecule is CCc1nc(C)sc1CN1Cc2[nH]cnc2C[C@H]1C(=O)O. The van der Waals surface area contributed by atoms with Crippen LogP contribution in [0.4, 0.5) is 0 Å². The number of hydrogen-bond donors (Lipinski definition) is 2. The summed E-state index contributed by atoms with van der Waals surface area (Å²) in [6, 6.07) is -0.520. The number of aromatic nitrogens is 3. The Bertz CT molecular complexity index is 664. The molecule has 2 aromatic rings. The molecule has 1 aliphatic rings. The van der Waals surface area contributed by atoms with E-state index in [1.165, 1.54) is 4.88 Å². The molecule has 2 aromatic heterocycles. The molecule has 1 aliphatic heterocycles. The zero-order valence-electron chi connectivity index (χ0n) is 12.1. The molecule has 0 spiro atoms. The minimum absolute atomic E-state index is 0.452. The van der Waals surface area contributed by atoms with E-state index in [2.05, 4.69) is 21.9 Å². The zero-order valence-corrected chi connectivity index (χ0v) is 12.9. The molecule has 2 N–H and O–H groups in total. The Morgan fingerprint density at radius 3 is 3.14 bits per heavy atom. The minimum Gasteiger partial charge on any atom is -0.480 e. The van der Waals surface area contributed by atoms with Gasteiger partial charge in [-0.05, 0) is 13.3 Å². The van der Waals surface area contributed by atoms with Crippen molar-refractivity contribution in [1.82, 2.24) is 19.9 Å². The highest BCUT2D eigenvalue weighted by Gasteiger charge is 2.33. The number of carboxylic acids is 1. The molecular formula is C14H18N4O2S. The van der Waals surface area contributed by atoms with E-state index in [-0.39, 0.29) is 0 Å². The largest absolute Gasteiger partial charge is 0.480 e. The van der Waals surface area contributed by atoms with Gasteiger partial charge < -0.3 is 10.1 Å². The topological polar surface area (TPSA) is 82.1 Å². The summed E-state index contributed by atoms with van der Waals surface area (Å²) in [5.74, 6) is -0.789. The van der Waals surface area contributed by atoms with Crippen LogP contribution < -0.4 is 0 Å². The van der Waals surface area contributed by atoms with Gasteiger partial charge in [-0.1, -0.05) is 6.92 Å². The zero-order chi connectivity index (χ0) is 15.0. The van der Waals surface area contributed by atoms with Gasteiger partial charge >= 0.3 is 5.97 Å². The van der Waals surface area contributed by atoms with Crippen molar-refractivity contribution in [3.8, 4) is 0 Å². The molecule has 0 unspecified atom stereocenters. The van der Waals surface area contributed by atoms with Gasteiger partial charge in [0, 0.05) is 24.4 Å². The quantitative estimate of drug-likeness (QED) is 0.899. The fraction of sp³-hybridized carbons (Fsp3) is 0.500. The number of imidazole rings is 1. The Kier molecular flexibility index (Phi) is 3.77. The van der Waals surface area contributed by atoms with E-state index in [9.17, 15) is 9.90 Å². The van der Waals surface area contributed by atoms with Crippen LogP contribution >= 0.6 is 11.3 Å². The summed E-state index contributed by atoms with van der Waals surface area (Å²) in [7, 11) is 0. The monoisotopic (exact) mass is 306 g/mol. The van der Waals surface area contributed by atoms with Crippen molar-refractivity contribution in [2.75, 3.05) is 0 Å². The van der Waals surface area contributed by atoms with E-state index < -0.39 is 12.0 Å². The van der Waals surface area contributed by atoms with Crippen molar-refractivity contribution in [2.45, 2.75) is 45.8 Å². The van der Waals surface area contributed by atoms with E-state index in [0.717, 1.165) is 28.5 Å². The lowest BCUT2D eigenvalue weighted by molar-refractivity contribution is -0.144. The third-order valence-electron chi connectivity index (χ3n) is 3.85. The van der Waals surface area contributed by atoms with Crippen LogP contribution in [-0.2, 0) is 30.7 Å². The van der Waals surface area contributed by atoms with Crippen molar-refractivity contribution in [3.05, 3.63) is 33.3 Å². The number of nitrogens with one attached hydrogen (secondary N) is 1. The lowest BCUT2D eigenvalue weighted by atomic mass is 10.0. The summed E-state index contributed by atoms with van der Waals surface area (Å²) in [5, 5.41) is 10.5. The van der Waals surface area contributed by atoms with Crippen molar-refractivity contribution in [2.24, 2.45) is 0 Å². The molecule has 6 nitrogen and oxygen atoms in total. The number of aromatic amines is 1. The summed E-state index contributed by atoms with van der Waals surface area (Å²) >= 11 is 1.66. The molecule has 21 heavy (non-hydrogen) atoms. The number of fused-ring (bicyclic) bond motifs is 1. The van der Waals surface area contributed by atoms with Crippen LogP contribution in [0.5, 0.6) is 0 Å². The fourth-order valence-corrected chi connectivity index (χ4v) is 3.84. The first-order valence-electron chi connectivity index (χ1n) is 7.01. The van der Waals surface area contributed by atoms with E-state index in [0.29, 0.717) is 19.5 Å². The Morgan fingerprint density at radius 1 is 1.62 bits per heavy atom. The highest BCUT2D eigenvalue weighted by Crippen LogP contribution is 2.26. The summed E-state index contributed by atoms with van der Waals surface area (Å²) in [4.78, 5) is 26.6. The Hall–Kier alpha value is -1.73. The molecule has 7 heteroatoms. The van der Waals surface area contributed by atoms with Gasteiger partial charge in [-0.25, -0.2) is 9.97 Å². The van der Waals surface area contributed by atoms with Crippen LogP contribution in [0.15, 0.2) is 6.33 Å². The Morgan fingerprint density at radius 2 is 2.43 bits per heavy atom.